The molecule has 7 heteroatoms. The molecule has 2 aromatic heterocycles. The van der Waals surface area contributed by atoms with E-state index in [1.54, 1.807) is 18.3 Å². The number of nitrogens with zero attached hydrogens (tertiary/aromatic N) is 3. The van der Waals surface area contributed by atoms with Crippen molar-refractivity contribution in [1.29, 1.82) is 0 Å². The molecule has 0 radical (unpaired) electrons. The Labute approximate surface area is 163 Å². The van der Waals surface area contributed by atoms with Crippen LogP contribution in [0.3, 0.4) is 0 Å². The van der Waals surface area contributed by atoms with Crippen LogP contribution in [0, 0.1) is 6.92 Å². The van der Waals surface area contributed by atoms with E-state index in [1.165, 1.54) is 32.1 Å². The van der Waals surface area contributed by atoms with Crippen molar-refractivity contribution in [1.82, 2.24) is 20.0 Å². The summed E-state index contributed by atoms with van der Waals surface area (Å²) in [7, 11) is 0. The molecule has 0 spiro atoms. The van der Waals surface area contributed by atoms with Crippen LogP contribution < -0.4 is 5.32 Å². The van der Waals surface area contributed by atoms with Gasteiger partial charge in [-0.1, -0.05) is 19.3 Å². The van der Waals surface area contributed by atoms with Crippen LogP contribution in [0.25, 0.3) is 10.2 Å². The van der Waals surface area contributed by atoms with E-state index in [0.717, 1.165) is 46.7 Å². The SMILES string of the molecule is CC(=O)N1CCC(NC(=O)c2cc3c(C)nn(C4CCCCC4)c3s2)CC1. The third-order valence-corrected chi connectivity index (χ3v) is 7.11. The molecule has 4 rings (SSSR count). The summed E-state index contributed by atoms with van der Waals surface area (Å²) in [4.78, 5) is 28.0. The van der Waals surface area contributed by atoms with Gasteiger partial charge in [-0.25, -0.2) is 0 Å². The largest absolute Gasteiger partial charge is 0.348 e. The third kappa shape index (κ3) is 3.74. The number of amides is 2. The van der Waals surface area contributed by atoms with E-state index in [2.05, 4.69) is 10.00 Å². The number of carbonyl (C=O) groups is 2. The molecule has 0 bridgehead atoms. The van der Waals surface area contributed by atoms with Gasteiger partial charge in [0.05, 0.1) is 16.6 Å². The van der Waals surface area contributed by atoms with Crippen molar-refractivity contribution in [2.75, 3.05) is 13.1 Å². The van der Waals surface area contributed by atoms with Crippen molar-refractivity contribution < 1.29 is 9.59 Å². The van der Waals surface area contributed by atoms with Gasteiger partial charge >= 0.3 is 0 Å². The van der Waals surface area contributed by atoms with Gasteiger partial charge in [-0.05, 0) is 38.7 Å². The number of hydrogen-bond donors (Lipinski definition) is 1. The molecule has 0 aromatic carbocycles. The lowest BCUT2D eigenvalue weighted by Crippen LogP contribution is -2.45. The number of fused-ring (bicyclic) bond motifs is 1. The van der Waals surface area contributed by atoms with Gasteiger partial charge in [-0.3, -0.25) is 14.3 Å². The molecular formula is C20H28N4O2S. The summed E-state index contributed by atoms with van der Waals surface area (Å²) in [6, 6.07) is 2.62. The second-order valence-electron chi connectivity index (χ2n) is 7.91. The van der Waals surface area contributed by atoms with Crippen LogP contribution in [0.2, 0.25) is 0 Å². The Hall–Kier alpha value is -1.89. The fraction of sp³-hybridized carbons (Fsp3) is 0.650. The van der Waals surface area contributed by atoms with Gasteiger partial charge in [0.1, 0.15) is 4.83 Å². The lowest BCUT2D eigenvalue weighted by Gasteiger charge is -2.31. The molecule has 1 saturated heterocycles. The van der Waals surface area contributed by atoms with Gasteiger partial charge in [-0.15, -0.1) is 11.3 Å². The van der Waals surface area contributed by atoms with Crippen molar-refractivity contribution in [2.24, 2.45) is 0 Å². The highest BCUT2D eigenvalue weighted by Gasteiger charge is 2.25. The standard InChI is InChI=1S/C20H28N4O2S/c1-13-17-12-18(19(26)21-15-8-10-23(11-9-15)14(2)25)27-20(17)24(22-13)16-6-4-3-5-7-16/h12,15-16H,3-11H2,1-2H3,(H,21,26). The van der Waals surface area contributed by atoms with Gasteiger partial charge in [0.25, 0.3) is 5.91 Å². The minimum Gasteiger partial charge on any atom is -0.348 e. The average molecular weight is 389 g/mol. The van der Waals surface area contributed by atoms with Gasteiger partial charge in [0.2, 0.25) is 5.91 Å². The minimum absolute atomic E-state index is 0.00655. The van der Waals surface area contributed by atoms with Crippen molar-refractivity contribution in [3.05, 3.63) is 16.6 Å². The summed E-state index contributed by atoms with van der Waals surface area (Å²) in [6.07, 6.45) is 7.87. The Morgan fingerprint density at radius 2 is 1.85 bits per heavy atom. The molecule has 1 N–H and O–H groups in total. The molecule has 146 valence electrons. The van der Waals surface area contributed by atoms with Crippen LogP contribution in [-0.4, -0.2) is 45.6 Å². The Morgan fingerprint density at radius 3 is 2.52 bits per heavy atom. The van der Waals surface area contributed by atoms with E-state index in [0.29, 0.717) is 6.04 Å². The van der Waals surface area contributed by atoms with Crippen LogP contribution >= 0.6 is 11.3 Å². The first-order valence-corrected chi connectivity index (χ1v) is 10.9. The number of rotatable bonds is 3. The number of carbonyl (C=O) groups excluding carboxylic acids is 2. The molecule has 27 heavy (non-hydrogen) atoms. The first kappa shape index (κ1) is 18.5. The van der Waals surface area contributed by atoms with Crippen molar-refractivity contribution >= 4 is 33.4 Å². The molecule has 2 aromatic rings. The van der Waals surface area contributed by atoms with Crippen LogP contribution in [0.5, 0.6) is 0 Å². The average Bonchev–Trinajstić information content (AvgIpc) is 3.24. The highest BCUT2D eigenvalue weighted by Crippen LogP contribution is 2.35. The van der Waals surface area contributed by atoms with E-state index in [9.17, 15) is 9.59 Å². The lowest BCUT2D eigenvalue weighted by molar-refractivity contribution is -0.129. The van der Waals surface area contributed by atoms with E-state index in [4.69, 9.17) is 5.10 Å². The summed E-state index contributed by atoms with van der Waals surface area (Å²) in [6.45, 7) is 5.09. The number of aromatic nitrogens is 2. The maximum absolute atomic E-state index is 12.8. The van der Waals surface area contributed by atoms with Crippen molar-refractivity contribution in [2.45, 2.75) is 70.9 Å². The maximum Gasteiger partial charge on any atom is 0.261 e. The smallest absolute Gasteiger partial charge is 0.261 e. The number of hydrogen-bond acceptors (Lipinski definition) is 4. The zero-order chi connectivity index (χ0) is 19.0. The lowest BCUT2D eigenvalue weighted by atomic mass is 9.96. The van der Waals surface area contributed by atoms with Gasteiger partial charge in [0.15, 0.2) is 0 Å². The Balaban J connectivity index is 1.47. The Kier molecular flexibility index (Phi) is 5.21. The molecule has 0 atom stereocenters. The van der Waals surface area contributed by atoms with Gasteiger partial charge in [-0.2, -0.15) is 5.10 Å². The van der Waals surface area contributed by atoms with E-state index >= 15 is 0 Å². The topological polar surface area (TPSA) is 67.2 Å². The van der Waals surface area contributed by atoms with Crippen molar-refractivity contribution in [3.63, 3.8) is 0 Å². The molecule has 1 aliphatic heterocycles. The van der Waals surface area contributed by atoms with Gasteiger partial charge < -0.3 is 10.2 Å². The molecule has 1 aliphatic carbocycles. The summed E-state index contributed by atoms with van der Waals surface area (Å²) in [5, 5.41) is 9.05. The number of thiophene rings is 1. The zero-order valence-corrected chi connectivity index (χ0v) is 17.0. The minimum atomic E-state index is 0.00655. The molecule has 2 amide bonds. The van der Waals surface area contributed by atoms with Crippen LogP contribution in [-0.2, 0) is 4.79 Å². The monoisotopic (exact) mass is 388 g/mol. The molecule has 2 aliphatic rings. The van der Waals surface area contributed by atoms with Gasteiger partial charge in [0, 0.05) is 31.4 Å². The summed E-state index contributed by atoms with van der Waals surface area (Å²) in [5.74, 6) is 0.124. The number of aryl methyl sites for hydroxylation is 1. The third-order valence-electron chi connectivity index (χ3n) is 5.99. The van der Waals surface area contributed by atoms with Crippen LogP contribution in [0.15, 0.2) is 6.07 Å². The second kappa shape index (κ2) is 7.62. The van der Waals surface area contributed by atoms with Crippen LogP contribution in [0.4, 0.5) is 0 Å². The Bertz CT molecular complexity index is 842. The van der Waals surface area contributed by atoms with E-state index in [1.807, 2.05) is 17.9 Å². The Morgan fingerprint density at radius 1 is 1.15 bits per heavy atom. The normalized spacial score (nSPS) is 19.6. The highest BCUT2D eigenvalue weighted by molar-refractivity contribution is 7.20. The highest BCUT2D eigenvalue weighted by atomic mass is 32.1. The fourth-order valence-electron chi connectivity index (χ4n) is 4.35. The number of nitrogens with one attached hydrogen (secondary N) is 1. The predicted octanol–water partition coefficient (Wildman–Crippen LogP) is 3.65. The summed E-state index contributed by atoms with van der Waals surface area (Å²) >= 11 is 1.56. The van der Waals surface area contributed by atoms with Crippen LogP contribution in [0.1, 0.15) is 73.3 Å². The molecule has 0 unspecified atom stereocenters. The molecule has 1 saturated carbocycles. The first-order chi connectivity index (χ1) is 13.0. The summed E-state index contributed by atoms with van der Waals surface area (Å²) < 4.78 is 2.18. The fourth-order valence-corrected chi connectivity index (χ4v) is 5.49. The van der Waals surface area contributed by atoms with E-state index in [-0.39, 0.29) is 17.9 Å². The molecule has 3 heterocycles. The van der Waals surface area contributed by atoms with E-state index < -0.39 is 0 Å². The predicted molar refractivity (Wildman–Crippen MR) is 107 cm³/mol. The summed E-state index contributed by atoms with van der Waals surface area (Å²) in [5.41, 5.74) is 1.01. The number of likely N-dealkylation sites (tertiary alicyclic amines) is 1. The second-order valence-corrected chi connectivity index (χ2v) is 8.94. The molecule has 2 fully saturated rings. The maximum atomic E-state index is 12.8. The molecular weight excluding hydrogens is 360 g/mol. The molecule has 6 nitrogen and oxygen atoms in total. The quantitative estimate of drug-likeness (QED) is 0.873. The van der Waals surface area contributed by atoms with Crippen molar-refractivity contribution in [3.8, 4) is 0 Å². The first-order valence-electron chi connectivity index (χ1n) is 10.1. The number of piperidine rings is 1. The zero-order valence-electron chi connectivity index (χ0n) is 16.2.